The van der Waals surface area contributed by atoms with Crippen molar-refractivity contribution in [1.82, 2.24) is 15.2 Å². The molecule has 5 N–H and O–H groups in total. The molecule has 1 aromatic carbocycles. The van der Waals surface area contributed by atoms with Crippen LogP contribution in [0.4, 0.5) is 15.8 Å². The summed E-state index contributed by atoms with van der Waals surface area (Å²) in [6.07, 6.45) is 3.36. The lowest BCUT2D eigenvalue weighted by molar-refractivity contribution is -0.134. The highest BCUT2D eigenvalue weighted by molar-refractivity contribution is 7.14. The molecule has 0 spiro atoms. The number of anilines is 2. The number of benzene rings is 1. The van der Waals surface area contributed by atoms with Gasteiger partial charge in [-0.25, -0.2) is 4.98 Å². The lowest BCUT2D eigenvalue weighted by atomic mass is 10.1. The number of carbonyl (C=O) groups is 3. The molecule has 0 aliphatic carbocycles. The maximum atomic E-state index is 13.7. The largest absolute Gasteiger partial charge is 0.398 e. The van der Waals surface area contributed by atoms with E-state index in [0.29, 0.717) is 53.3 Å². The summed E-state index contributed by atoms with van der Waals surface area (Å²) in [5, 5.41) is 12.9. The molecule has 0 fully saturated rings. The van der Waals surface area contributed by atoms with E-state index in [4.69, 9.17) is 11.1 Å². The maximum Gasteiger partial charge on any atom is 0.265 e. The Hall–Kier alpha value is -4.12. The van der Waals surface area contributed by atoms with Gasteiger partial charge in [0.1, 0.15) is 6.04 Å². The molecule has 37 heavy (non-hydrogen) atoms. The summed E-state index contributed by atoms with van der Waals surface area (Å²) in [5.41, 5.74) is 8.43. The van der Waals surface area contributed by atoms with E-state index in [1.807, 2.05) is 6.92 Å². The number of rotatable bonds is 7. The van der Waals surface area contributed by atoms with Gasteiger partial charge in [-0.05, 0) is 55.7 Å². The Morgan fingerprint density at radius 2 is 2.05 bits per heavy atom. The smallest absolute Gasteiger partial charge is 0.265 e. The van der Waals surface area contributed by atoms with Crippen molar-refractivity contribution < 1.29 is 18.8 Å². The molecular formula is C26H27FN6O3S. The number of nitrogen functional groups attached to an aromatic ring is 1. The van der Waals surface area contributed by atoms with Gasteiger partial charge in [0.2, 0.25) is 11.9 Å². The molecule has 0 saturated carbocycles. The fourth-order valence-corrected chi connectivity index (χ4v) is 5.16. The second-order valence-electron chi connectivity index (χ2n) is 8.72. The van der Waals surface area contributed by atoms with Crippen LogP contribution < -0.4 is 16.4 Å². The predicted octanol–water partition coefficient (Wildman–Crippen LogP) is 3.52. The Bertz CT molecular complexity index is 1390. The van der Waals surface area contributed by atoms with Crippen molar-refractivity contribution in [3.8, 4) is 0 Å². The fraction of sp³-hybridized carbons (Fsp3) is 0.269. The molecule has 0 radical (unpaired) electrons. The monoisotopic (exact) mass is 522 g/mol. The van der Waals surface area contributed by atoms with Gasteiger partial charge in [-0.3, -0.25) is 14.4 Å². The van der Waals surface area contributed by atoms with Crippen LogP contribution in [0.1, 0.15) is 54.9 Å². The van der Waals surface area contributed by atoms with Crippen LogP contribution in [0.2, 0.25) is 0 Å². The zero-order valence-corrected chi connectivity index (χ0v) is 21.2. The molecule has 4 rings (SSSR count). The zero-order chi connectivity index (χ0) is 26.7. The van der Waals surface area contributed by atoms with Crippen molar-refractivity contribution in [2.24, 2.45) is 0 Å². The van der Waals surface area contributed by atoms with E-state index in [-0.39, 0.29) is 17.4 Å². The summed E-state index contributed by atoms with van der Waals surface area (Å²) < 4.78 is 13.7. The van der Waals surface area contributed by atoms with Crippen LogP contribution in [-0.4, -0.2) is 46.4 Å². The third-order valence-electron chi connectivity index (χ3n) is 6.31. The zero-order valence-electron chi connectivity index (χ0n) is 20.4. The Morgan fingerprint density at radius 3 is 2.78 bits per heavy atom. The summed E-state index contributed by atoms with van der Waals surface area (Å²) in [5.74, 6) is -1.61. The lowest BCUT2D eigenvalue weighted by Crippen LogP contribution is -2.49. The second-order valence-corrected chi connectivity index (χ2v) is 9.86. The second kappa shape index (κ2) is 10.9. The lowest BCUT2D eigenvalue weighted by Gasteiger charge is -2.30. The van der Waals surface area contributed by atoms with Crippen molar-refractivity contribution >= 4 is 46.6 Å². The Balaban J connectivity index is 1.43. The van der Waals surface area contributed by atoms with Crippen LogP contribution in [0.3, 0.4) is 0 Å². The molecule has 0 unspecified atom stereocenters. The van der Waals surface area contributed by atoms with E-state index in [9.17, 15) is 18.8 Å². The Morgan fingerprint density at radius 1 is 1.27 bits per heavy atom. The van der Waals surface area contributed by atoms with Crippen LogP contribution in [0.25, 0.3) is 0 Å². The standard InChI is InChI=1S/C26H27FN6O3S/c1-3-19(31-24(34)15-4-5-18(29)16(10-15)12-28)26(36)33-9-7-21-17(13-33)11-22(37-21)25(35)32-20-6-8-30-23(27)14(20)2/h4-6,8,10-12,19,28H,3,7,9,13,29H2,1-2H3,(H,31,34)(H,30,32,35)/t19-/m1/s1. The van der Waals surface area contributed by atoms with Crippen LogP contribution in [0, 0.1) is 18.3 Å². The molecule has 3 heterocycles. The van der Waals surface area contributed by atoms with Crippen molar-refractivity contribution in [3.05, 3.63) is 74.5 Å². The van der Waals surface area contributed by atoms with Crippen molar-refractivity contribution in [3.63, 3.8) is 0 Å². The SMILES string of the molecule is CC[C@@H](NC(=O)c1ccc(N)c(C=N)c1)C(=O)N1CCc2sc(C(=O)Nc3ccnc(F)c3C)cc2C1. The van der Waals surface area contributed by atoms with Gasteiger partial charge < -0.3 is 26.7 Å². The van der Waals surface area contributed by atoms with Gasteiger partial charge in [0, 0.05) is 52.8 Å². The number of hydrogen-bond acceptors (Lipinski definition) is 7. The summed E-state index contributed by atoms with van der Waals surface area (Å²) in [7, 11) is 0. The van der Waals surface area contributed by atoms with Gasteiger partial charge in [-0.2, -0.15) is 4.39 Å². The highest BCUT2D eigenvalue weighted by atomic mass is 32.1. The fourth-order valence-electron chi connectivity index (χ4n) is 4.10. The van der Waals surface area contributed by atoms with Crippen LogP contribution in [-0.2, 0) is 17.8 Å². The number of thiophene rings is 1. The van der Waals surface area contributed by atoms with Crippen molar-refractivity contribution in [2.75, 3.05) is 17.6 Å². The number of nitrogens with two attached hydrogens (primary N) is 1. The molecule has 192 valence electrons. The first-order chi connectivity index (χ1) is 17.7. The Labute approximate surface area is 217 Å². The minimum Gasteiger partial charge on any atom is -0.398 e. The van der Waals surface area contributed by atoms with Gasteiger partial charge in [0.05, 0.1) is 10.6 Å². The van der Waals surface area contributed by atoms with Gasteiger partial charge >= 0.3 is 0 Å². The molecule has 2 aromatic heterocycles. The number of halogens is 1. The first kappa shape index (κ1) is 26.0. The molecule has 1 atom stereocenters. The number of nitrogens with zero attached hydrogens (tertiary/aromatic N) is 2. The van der Waals surface area contributed by atoms with Gasteiger partial charge in [0.25, 0.3) is 11.8 Å². The first-order valence-electron chi connectivity index (χ1n) is 11.8. The molecule has 11 heteroatoms. The molecule has 3 aromatic rings. The molecular weight excluding hydrogens is 495 g/mol. The number of carbonyl (C=O) groups excluding carboxylic acids is 3. The molecule has 0 saturated heterocycles. The summed E-state index contributed by atoms with van der Waals surface area (Å²) in [4.78, 5) is 45.6. The quantitative estimate of drug-likeness (QED) is 0.213. The van der Waals surface area contributed by atoms with E-state index in [0.717, 1.165) is 16.7 Å². The summed E-state index contributed by atoms with van der Waals surface area (Å²) in [6.45, 7) is 4.16. The number of hydrogen-bond donors (Lipinski definition) is 4. The average Bonchev–Trinajstić information content (AvgIpc) is 3.33. The van der Waals surface area contributed by atoms with Crippen LogP contribution in [0.5, 0.6) is 0 Å². The molecule has 1 aliphatic rings. The Kier molecular flexibility index (Phi) is 7.63. The van der Waals surface area contributed by atoms with E-state index >= 15 is 0 Å². The molecule has 9 nitrogen and oxygen atoms in total. The van der Waals surface area contributed by atoms with E-state index in [1.165, 1.54) is 23.6 Å². The molecule has 1 aliphatic heterocycles. The minimum absolute atomic E-state index is 0.204. The topological polar surface area (TPSA) is 141 Å². The van der Waals surface area contributed by atoms with E-state index < -0.39 is 17.9 Å². The highest BCUT2D eigenvalue weighted by Crippen LogP contribution is 2.29. The number of aromatic nitrogens is 1. The van der Waals surface area contributed by atoms with E-state index in [1.54, 1.807) is 36.1 Å². The first-order valence-corrected chi connectivity index (χ1v) is 12.6. The van der Waals surface area contributed by atoms with Crippen LogP contribution in [0.15, 0.2) is 36.5 Å². The predicted molar refractivity (Wildman–Crippen MR) is 141 cm³/mol. The highest BCUT2D eigenvalue weighted by Gasteiger charge is 2.29. The number of pyridine rings is 1. The summed E-state index contributed by atoms with van der Waals surface area (Å²) >= 11 is 1.36. The third-order valence-corrected chi connectivity index (χ3v) is 7.54. The van der Waals surface area contributed by atoms with E-state index in [2.05, 4.69) is 15.6 Å². The van der Waals surface area contributed by atoms with Gasteiger partial charge in [0.15, 0.2) is 0 Å². The summed E-state index contributed by atoms with van der Waals surface area (Å²) in [6, 6.07) is 7.21. The van der Waals surface area contributed by atoms with Crippen LogP contribution >= 0.6 is 11.3 Å². The van der Waals surface area contributed by atoms with Crippen molar-refractivity contribution in [2.45, 2.75) is 39.3 Å². The number of nitrogens with one attached hydrogen (secondary N) is 3. The number of fused-ring (bicyclic) bond motifs is 1. The third kappa shape index (κ3) is 5.51. The van der Waals surface area contributed by atoms with Crippen molar-refractivity contribution in [1.29, 1.82) is 5.41 Å². The maximum absolute atomic E-state index is 13.7. The van der Waals surface area contributed by atoms with Gasteiger partial charge in [-0.1, -0.05) is 6.92 Å². The molecule has 0 bridgehead atoms. The number of amides is 3. The average molecular weight is 523 g/mol. The van der Waals surface area contributed by atoms with Gasteiger partial charge in [-0.15, -0.1) is 11.3 Å². The minimum atomic E-state index is -0.721. The molecule has 3 amide bonds. The normalized spacial score (nSPS) is 13.4.